The number of carbonyl (C=O) groups excluding carboxylic acids is 1. The molecule has 3 aromatic carbocycles. The number of nitrogen functional groups attached to an aromatic ring is 1. The maximum Gasteiger partial charge on any atom is 0.327 e. The number of anilines is 3. The Labute approximate surface area is 205 Å². The van der Waals surface area contributed by atoms with Crippen molar-refractivity contribution in [3.8, 4) is 0 Å². The van der Waals surface area contributed by atoms with Crippen molar-refractivity contribution in [1.82, 2.24) is 0 Å². The number of hydrogen-bond donors (Lipinski definition) is 3. The zero-order valence-electron chi connectivity index (χ0n) is 19.3. The standard InChI is InChI=1S/C28H31N3O2S/c1-2-33-27(32)28(30)25-17-19(26(28)34-23-9-4-3-5-10-23)16-24(25)18-7-6-8-22(15-18)31-21-13-11-20(29)12-14-21/h3-15,19,24-26,31H,2,16-17,29-30H2,1H3/t19-,24-,25+,26-,28-/m0/s1. The number of rotatable bonds is 7. The molecule has 2 aliphatic rings. The second-order valence-electron chi connectivity index (χ2n) is 9.32. The van der Waals surface area contributed by atoms with Gasteiger partial charge in [0, 0.05) is 27.2 Å². The van der Waals surface area contributed by atoms with Gasteiger partial charge in [0.05, 0.1) is 6.61 Å². The molecule has 3 aromatic rings. The van der Waals surface area contributed by atoms with Crippen molar-refractivity contribution in [3.63, 3.8) is 0 Å². The third kappa shape index (κ3) is 4.17. The molecule has 176 valence electrons. The molecule has 2 saturated carbocycles. The Morgan fingerprint density at radius 3 is 2.53 bits per heavy atom. The van der Waals surface area contributed by atoms with E-state index in [1.165, 1.54) is 5.56 Å². The number of fused-ring (bicyclic) bond motifs is 2. The van der Waals surface area contributed by atoms with Crippen LogP contribution in [0.25, 0.3) is 0 Å². The summed E-state index contributed by atoms with van der Waals surface area (Å²) in [5.74, 6) is 0.366. The van der Waals surface area contributed by atoms with Gasteiger partial charge in [-0.15, -0.1) is 11.8 Å². The van der Waals surface area contributed by atoms with Gasteiger partial charge in [-0.2, -0.15) is 0 Å². The lowest BCUT2D eigenvalue weighted by atomic mass is 9.72. The van der Waals surface area contributed by atoms with Crippen LogP contribution in [-0.4, -0.2) is 23.4 Å². The SMILES string of the molecule is CCOC(=O)[C@]1(N)[C@@H]2C[C@H](C[C@H]2c2cccc(Nc3ccc(N)cc3)c2)[C@@H]1Sc1ccccc1. The molecular weight excluding hydrogens is 442 g/mol. The van der Waals surface area contributed by atoms with Gasteiger partial charge in [0.25, 0.3) is 0 Å². The summed E-state index contributed by atoms with van der Waals surface area (Å²) in [6.07, 6.45) is 1.97. The number of nitrogens with one attached hydrogen (secondary N) is 1. The summed E-state index contributed by atoms with van der Waals surface area (Å²) < 4.78 is 5.55. The van der Waals surface area contributed by atoms with Gasteiger partial charge >= 0.3 is 5.97 Å². The first-order chi connectivity index (χ1) is 16.5. The number of nitrogens with two attached hydrogens (primary N) is 2. The van der Waals surface area contributed by atoms with Crippen LogP contribution >= 0.6 is 11.8 Å². The predicted molar refractivity (Wildman–Crippen MR) is 139 cm³/mol. The van der Waals surface area contributed by atoms with E-state index >= 15 is 0 Å². The van der Waals surface area contributed by atoms with Crippen LogP contribution in [0.3, 0.4) is 0 Å². The molecule has 2 aliphatic carbocycles. The van der Waals surface area contributed by atoms with E-state index in [-0.39, 0.29) is 23.1 Å². The third-order valence-corrected chi connectivity index (χ3v) is 8.83. The molecule has 2 bridgehead atoms. The zero-order chi connectivity index (χ0) is 23.7. The summed E-state index contributed by atoms with van der Waals surface area (Å²) in [6, 6.07) is 26.4. The van der Waals surface area contributed by atoms with Gasteiger partial charge in [-0.05, 0) is 91.6 Å². The monoisotopic (exact) mass is 473 g/mol. The minimum absolute atomic E-state index is 0.00582. The molecule has 0 heterocycles. The molecule has 5 N–H and O–H groups in total. The van der Waals surface area contributed by atoms with Crippen LogP contribution in [0.1, 0.15) is 31.2 Å². The number of carbonyl (C=O) groups is 1. The Hall–Kier alpha value is -2.96. The molecule has 0 saturated heterocycles. The molecule has 6 heteroatoms. The lowest BCUT2D eigenvalue weighted by Gasteiger charge is -2.42. The number of benzene rings is 3. The lowest BCUT2D eigenvalue weighted by Crippen LogP contribution is -2.61. The molecule has 0 unspecified atom stereocenters. The van der Waals surface area contributed by atoms with Gasteiger partial charge in [-0.1, -0.05) is 30.3 Å². The van der Waals surface area contributed by atoms with Crippen molar-refractivity contribution in [1.29, 1.82) is 0 Å². The van der Waals surface area contributed by atoms with Crippen LogP contribution in [-0.2, 0) is 9.53 Å². The van der Waals surface area contributed by atoms with Crippen LogP contribution in [0.4, 0.5) is 17.1 Å². The fourth-order valence-corrected chi connectivity index (χ4v) is 7.25. The first kappa shape index (κ1) is 22.8. The van der Waals surface area contributed by atoms with E-state index in [1.807, 2.05) is 49.4 Å². The smallest absolute Gasteiger partial charge is 0.327 e. The van der Waals surface area contributed by atoms with Crippen LogP contribution in [0.2, 0.25) is 0 Å². The van der Waals surface area contributed by atoms with Gasteiger partial charge in [0.1, 0.15) is 5.54 Å². The first-order valence-electron chi connectivity index (χ1n) is 11.9. The Balaban J connectivity index is 1.42. The van der Waals surface area contributed by atoms with Crippen LogP contribution < -0.4 is 16.8 Å². The number of ether oxygens (including phenoxy) is 1. The van der Waals surface area contributed by atoms with Gasteiger partial charge in [0.2, 0.25) is 0 Å². The maximum absolute atomic E-state index is 13.3. The minimum atomic E-state index is -1.01. The van der Waals surface area contributed by atoms with Gasteiger partial charge in [-0.25, -0.2) is 0 Å². The first-order valence-corrected chi connectivity index (χ1v) is 12.8. The van der Waals surface area contributed by atoms with E-state index in [2.05, 4.69) is 41.7 Å². The van der Waals surface area contributed by atoms with E-state index in [0.717, 1.165) is 34.8 Å². The summed E-state index contributed by atoms with van der Waals surface area (Å²) in [4.78, 5) is 14.4. The van der Waals surface area contributed by atoms with Gasteiger partial charge in [0.15, 0.2) is 0 Å². The Bertz CT molecular complexity index is 1150. The average molecular weight is 474 g/mol. The normalized spacial score (nSPS) is 27.5. The van der Waals surface area contributed by atoms with Crippen molar-refractivity contribution in [2.45, 2.75) is 41.4 Å². The van der Waals surface area contributed by atoms with Crippen molar-refractivity contribution in [3.05, 3.63) is 84.4 Å². The molecule has 0 radical (unpaired) electrons. The highest BCUT2D eigenvalue weighted by Gasteiger charge is 2.65. The zero-order valence-corrected chi connectivity index (χ0v) is 20.1. The lowest BCUT2D eigenvalue weighted by molar-refractivity contribution is -0.151. The molecule has 0 aromatic heterocycles. The minimum Gasteiger partial charge on any atom is -0.465 e. The Morgan fingerprint density at radius 2 is 1.79 bits per heavy atom. The average Bonchev–Trinajstić information content (AvgIpc) is 3.40. The fraction of sp³-hybridized carbons (Fsp3) is 0.321. The van der Waals surface area contributed by atoms with E-state index < -0.39 is 5.54 Å². The van der Waals surface area contributed by atoms with Gasteiger partial charge < -0.3 is 21.5 Å². The summed E-state index contributed by atoms with van der Waals surface area (Å²) >= 11 is 1.73. The van der Waals surface area contributed by atoms with Crippen molar-refractivity contribution < 1.29 is 9.53 Å². The van der Waals surface area contributed by atoms with E-state index in [9.17, 15) is 4.79 Å². The quantitative estimate of drug-likeness (QED) is 0.308. The number of thioether (sulfide) groups is 1. The molecule has 5 rings (SSSR count). The fourth-order valence-electron chi connectivity index (χ4n) is 5.76. The molecule has 5 atom stereocenters. The highest BCUT2D eigenvalue weighted by atomic mass is 32.2. The molecule has 34 heavy (non-hydrogen) atoms. The van der Waals surface area contributed by atoms with Crippen molar-refractivity contribution in [2.75, 3.05) is 17.7 Å². The summed E-state index contributed by atoms with van der Waals surface area (Å²) in [6.45, 7) is 2.18. The topological polar surface area (TPSA) is 90.4 Å². The van der Waals surface area contributed by atoms with Crippen molar-refractivity contribution >= 4 is 34.8 Å². The van der Waals surface area contributed by atoms with Crippen LogP contribution in [0, 0.1) is 11.8 Å². The van der Waals surface area contributed by atoms with Crippen LogP contribution in [0.5, 0.6) is 0 Å². The second kappa shape index (κ2) is 9.35. The van der Waals surface area contributed by atoms with E-state index in [4.69, 9.17) is 16.2 Å². The Kier molecular flexibility index (Phi) is 6.28. The van der Waals surface area contributed by atoms with Crippen molar-refractivity contribution in [2.24, 2.45) is 17.6 Å². The molecule has 0 amide bonds. The third-order valence-electron chi connectivity index (χ3n) is 7.26. The highest BCUT2D eigenvalue weighted by molar-refractivity contribution is 8.00. The number of esters is 1. The summed E-state index contributed by atoms with van der Waals surface area (Å²) in [7, 11) is 0. The highest BCUT2D eigenvalue weighted by Crippen LogP contribution is 2.61. The van der Waals surface area contributed by atoms with Gasteiger partial charge in [-0.3, -0.25) is 4.79 Å². The Morgan fingerprint density at radius 1 is 1.03 bits per heavy atom. The summed E-state index contributed by atoms with van der Waals surface area (Å²) in [5.41, 5.74) is 15.8. The molecule has 0 aliphatic heterocycles. The second-order valence-corrected chi connectivity index (χ2v) is 10.5. The molecule has 2 fully saturated rings. The van der Waals surface area contributed by atoms with Crippen LogP contribution in [0.15, 0.2) is 83.8 Å². The molecular formula is C28H31N3O2S. The van der Waals surface area contributed by atoms with E-state index in [0.29, 0.717) is 12.5 Å². The maximum atomic E-state index is 13.3. The summed E-state index contributed by atoms with van der Waals surface area (Å²) in [5, 5.41) is 3.47. The molecule has 0 spiro atoms. The van der Waals surface area contributed by atoms with E-state index in [1.54, 1.807) is 11.8 Å². The predicted octanol–water partition coefficient (Wildman–Crippen LogP) is 5.56. The number of hydrogen-bond acceptors (Lipinski definition) is 6. The molecule has 5 nitrogen and oxygen atoms in total. The largest absolute Gasteiger partial charge is 0.465 e.